The van der Waals surface area contributed by atoms with Gasteiger partial charge in [-0.3, -0.25) is 4.79 Å². The van der Waals surface area contributed by atoms with E-state index in [1.165, 1.54) is 17.7 Å². The Morgan fingerprint density at radius 1 is 1.12 bits per heavy atom. The van der Waals surface area contributed by atoms with Crippen LogP contribution in [0.1, 0.15) is 86.8 Å². The van der Waals surface area contributed by atoms with Crippen LogP contribution in [0.25, 0.3) is 0 Å². The Morgan fingerprint density at radius 3 is 2.42 bits per heavy atom. The number of thiophene rings is 1. The van der Waals surface area contributed by atoms with Gasteiger partial charge >= 0.3 is 0 Å². The normalized spacial score (nSPS) is 19.9. The summed E-state index contributed by atoms with van der Waals surface area (Å²) in [6.45, 7) is 13.7. The molecule has 1 aliphatic rings. The summed E-state index contributed by atoms with van der Waals surface area (Å²) in [5, 5.41) is 17.8. The molecule has 0 aliphatic heterocycles. The molecular weight excluding hydrogens is 619 g/mol. The number of hydrogen-bond acceptors (Lipinski definition) is 8. The second kappa shape index (κ2) is 14.5. The third-order valence-corrected chi connectivity index (χ3v) is 16.7. The molecule has 2 heterocycles. The highest BCUT2D eigenvalue weighted by Gasteiger charge is 2.49. The van der Waals surface area contributed by atoms with Crippen molar-refractivity contribution in [3.05, 3.63) is 73.8 Å². The number of aliphatic hydroxyl groups is 1. The van der Waals surface area contributed by atoms with Gasteiger partial charge < -0.3 is 20.2 Å². The topological polar surface area (TPSA) is 96.4 Å². The lowest BCUT2D eigenvalue weighted by Crippen LogP contribution is -2.51. The predicted molar refractivity (Wildman–Crippen MR) is 180 cm³/mol. The first kappa shape index (κ1) is 34.0. The Hall–Kier alpha value is -1.85. The van der Waals surface area contributed by atoms with Crippen LogP contribution < -0.4 is 10.6 Å². The average Bonchev–Trinajstić information content (AvgIpc) is 3.54. The van der Waals surface area contributed by atoms with E-state index in [1.54, 1.807) is 6.20 Å². The number of halogens is 2. The van der Waals surface area contributed by atoms with Crippen LogP contribution in [0, 0.1) is 5.92 Å². The number of anilines is 1. The van der Waals surface area contributed by atoms with Crippen molar-refractivity contribution in [1.29, 1.82) is 0 Å². The molecule has 0 spiro atoms. The van der Waals surface area contributed by atoms with Crippen molar-refractivity contribution < 1.29 is 14.3 Å². The highest BCUT2D eigenvalue weighted by molar-refractivity contribution is 7.18. The monoisotopic (exact) mass is 662 g/mol. The first-order chi connectivity index (χ1) is 20.4. The van der Waals surface area contributed by atoms with Gasteiger partial charge in [0.25, 0.3) is 0 Å². The first-order valence-corrected chi connectivity index (χ1v) is 18.8. The van der Waals surface area contributed by atoms with Gasteiger partial charge in [0.15, 0.2) is 0 Å². The Bertz CT molecular complexity index is 1380. The van der Waals surface area contributed by atoms with Crippen molar-refractivity contribution in [2.75, 3.05) is 19.0 Å². The fraction of sp³-hybridized carbons (Fsp3) is 0.531. The zero-order valence-electron chi connectivity index (χ0n) is 26.0. The molecule has 3 N–H and O–H groups in total. The highest BCUT2D eigenvalue weighted by atomic mass is 35.5. The van der Waals surface area contributed by atoms with Crippen LogP contribution in [-0.2, 0) is 4.43 Å². The summed E-state index contributed by atoms with van der Waals surface area (Å²) in [6, 6.07) is 9.19. The van der Waals surface area contributed by atoms with Gasteiger partial charge in [0.2, 0.25) is 14.1 Å². The Labute approximate surface area is 270 Å². The van der Waals surface area contributed by atoms with Gasteiger partial charge in [0.05, 0.1) is 26.9 Å². The van der Waals surface area contributed by atoms with Crippen molar-refractivity contribution >= 4 is 54.5 Å². The van der Waals surface area contributed by atoms with E-state index < -0.39 is 8.32 Å². The molecule has 0 bridgehead atoms. The number of aliphatic hydroxyl groups excluding tert-OH is 1. The molecule has 11 heteroatoms. The SMILES string of the molecule is CN[C@@H](c1cccc(Cl)c1)c1cc(C(=O)c2cncnc2N[C@@H]2C[C@H](CO)[C@@H](O[Si](C(C)C)(C(C)C)C(C)C)C2)sc1Cl. The summed E-state index contributed by atoms with van der Waals surface area (Å²) < 4.78 is 7.64. The van der Waals surface area contributed by atoms with Gasteiger partial charge in [0.1, 0.15) is 12.1 Å². The highest BCUT2D eigenvalue weighted by Crippen LogP contribution is 2.46. The summed E-state index contributed by atoms with van der Waals surface area (Å²) in [6.07, 6.45) is 4.42. The molecule has 0 unspecified atom stereocenters. The minimum Gasteiger partial charge on any atom is -0.413 e. The maximum atomic E-state index is 13.8. The maximum absolute atomic E-state index is 13.8. The zero-order valence-corrected chi connectivity index (χ0v) is 29.4. The standard InChI is InChI=1S/C32H44Cl2N4O3SSi/c1-18(2)43(19(3)4,20(5)6)41-27-13-24(12-22(27)16-39)38-32-26(15-36-17-37-32)30(40)28-14-25(31(34)42-28)29(35-7)21-9-8-10-23(33)11-21/h8-11,14-15,17-20,22,24,27,29,35,39H,12-13,16H2,1-7H3,(H,36,37,38)/t22-,24-,27+,29+/m1/s1. The van der Waals surface area contributed by atoms with Crippen LogP contribution in [0.5, 0.6) is 0 Å². The van der Waals surface area contributed by atoms with E-state index in [4.69, 9.17) is 27.6 Å². The van der Waals surface area contributed by atoms with Crippen molar-refractivity contribution in [3.8, 4) is 0 Å². The predicted octanol–water partition coefficient (Wildman–Crippen LogP) is 8.13. The fourth-order valence-corrected chi connectivity index (χ4v) is 14.1. The molecule has 234 valence electrons. The molecule has 1 aliphatic carbocycles. The van der Waals surface area contributed by atoms with Gasteiger partial charge in [-0.05, 0) is 60.3 Å². The molecule has 1 fully saturated rings. The zero-order chi connectivity index (χ0) is 31.5. The molecule has 7 nitrogen and oxygen atoms in total. The van der Waals surface area contributed by atoms with Gasteiger partial charge in [0, 0.05) is 35.3 Å². The summed E-state index contributed by atoms with van der Waals surface area (Å²) in [7, 11) is -0.281. The van der Waals surface area contributed by atoms with Crippen LogP contribution in [0.2, 0.25) is 26.0 Å². The van der Waals surface area contributed by atoms with Crippen molar-refractivity contribution in [3.63, 3.8) is 0 Å². The molecule has 0 saturated heterocycles. The van der Waals surface area contributed by atoms with Crippen molar-refractivity contribution in [2.45, 2.75) is 89.2 Å². The van der Waals surface area contributed by atoms with E-state index in [0.29, 0.717) is 42.2 Å². The smallest absolute Gasteiger partial charge is 0.208 e. The fourth-order valence-electron chi connectivity index (χ4n) is 7.03. The van der Waals surface area contributed by atoms with E-state index in [2.05, 4.69) is 62.1 Å². The number of benzene rings is 1. The molecule has 43 heavy (non-hydrogen) atoms. The van der Waals surface area contributed by atoms with Crippen LogP contribution >= 0.6 is 34.5 Å². The van der Waals surface area contributed by atoms with E-state index >= 15 is 0 Å². The number of nitrogens with one attached hydrogen (secondary N) is 2. The lowest BCUT2D eigenvalue weighted by molar-refractivity contribution is 0.0941. The second-order valence-electron chi connectivity index (χ2n) is 12.5. The molecule has 0 radical (unpaired) electrons. The minimum absolute atomic E-state index is 0.000715. The van der Waals surface area contributed by atoms with Crippen LogP contribution in [0.15, 0.2) is 42.9 Å². The lowest BCUT2D eigenvalue weighted by Gasteiger charge is -2.45. The van der Waals surface area contributed by atoms with E-state index in [0.717, 1.165) is 24.0 Å². The van der Waals surface area contributed by atoms with Gasteiger partial charge in [-0.2, -0.15) is 0 Å². The van der Waals surface area contributed by atoms with Gasteiger partial charge in [-0.1, -0.05) is 76.9 Å². The van der Waals surface area contributed by atoms with Gasteiger partial charge in [-0.25, -0.2) is 9.97 Å². The number of carbonyl (C=O) groups is 1. The summed E-state index contributed by atoms with van der Waals surface area (Å²) in [4.78, 5) is 23.0. The second-order valence-corrected chi connectivity index (χ2v) is 20.0. The summed E-state index contributed by atoms with van der Waals surface area (Å²) in [5.41, 5.74) is 3.50. The molecule has 1 saturated carbocycles. The number of hydrogen-bond donors (Lipinski definition) is 3. The Morgan fingerprint density at radius 2 is 1.81 bits per heavy atom. The van der Waals surface area contributed by atoms with E-state index in [9.17, 15) is 9.90 Å². The maximum Gasteiger partial charge on any atom is 0.208 e. The molecule has 3 aromatic rings. The van der Waals surface area contributed by atoms with Crippen LogP contribution in [0.4, 0.5) is 5.82 Å². The molecule has 1 aromatic carbocycles. The largest absolute Gasteiger partial charge is 0.413 e. The summed E-state index contributed by atoms with van der Waals surface area (Å²) in [5.74, 6) is 0.302. The minimum atomic E-state index is -2.13. The third-order valence-electron chi connectivity index (χ3n) is 8.94. The molecule has 2 aromatic heterocycles. The summed E-state index contributed by atoms with van der Waals surface area (Å²) >= 11 is 14.2. The first-order valence-electron chi connectivity index (χ1n) is 15.0. The van der Waals surface area contributed by atoms with Crippen molar-refractivity contribution in [1.82, 2.24) is 15.3 Å². The molecule has 4 rings (SSSR count). The number of rotatable bonds is 13. The number of ketones is 1. The number of carbonyl (C=O) groups excluding carboxylic acids is 1. The van der Waals surface area contributed by atoms with Crippen LogP contribution in [0.3, 0.4) is 0 Å². The quantitative estimate of drug-likeness (QED) is 0.126. The average molecular weight is 664 g/mol. The van der Waals surface area contributed by atoms with Crippen molar-refractivity contribution in [2.24, 2.45) is 5.92 Å². The molecule has 4 atom stereocenters. The molecule has 0 amide bonds. The number of aromatic nitrogens is 2. The van der Waals surface area contributed by atoms with E-state index in [1.807, 2.05) is 37.4 Å². The number of nitrogens with zero attached hydrogens (tertiary/aromatic N) is 2. The lowest BCUT2D eigenvalue weighted by atomic mass is 10.0. The molecular formula is C32H44Cl2N4O3SSi. The van der Waals surface area contributed by atoms with Crippen LogP contribution in [-0.4, -0.2) is 55.0 Å². The van der Waals surface area contributed by atoms with E-state index in [-0.39, 0.29) is 36.5 Å². The Kier molecular flexibility index (Phi) is 11.5. The Balaban J connectivity index is 1.56. The van der Waals surface area contributed by atoms with Gasteiger partial charge in [-0.15, -0.1) is 11.3 Å². The third kappa shape index (κ3) is 7.19.